The minimum Gasteiger partial charge on any atom is -0.397 e. The highest BCUT2D eigenvalue weighted by Gasteiger charge is 2.34. The van der Waals surface area contributed by atoms with E-state index in [0.29, 0.717) is 17.7 Å². The fourth-order valence-electron chi connectivity index (χ4n) is 3.24. The summed E-state index contributed by atoms with van der Waals surface area (Å²) in [6, 6.07) is 4.42. The Labute approximate surface area is 188 Å². The molecule has 0 amide bonds. The predicted molar refractivity (Wildman–Crippen MR) is 116 cm³/mol. The van der Waals surface area contributed by atoms with Crippen LogP contribution in [0, 0.1) is 0 Å². The van der Waals surface area contributed by atoms with Gasteiger partial charge in [0.25, 0.3) is 0 Å². The topological polar surface area (TPSA) is 56.7 Å². The molecule has 3 heterocycles. The van der Waals surface area contributed by atoms with Crippen molar-refractivity contribution in [1.29, 1.82) is 0 Å². The van der Waals surface area contributed by atoms with Gasteiger partial charge in [-0.3, -0.25) is 4.68 Å². The van der Waals surface area contributed by atoms with Crippen LogP contribution in [0.3, 0.4) is 0 Å². The molecule has 0 aromatic carbocycles. The number of hydrogen-bond acceptors (Lipinski definition) is 3. The first-order chi connectivity index (χ1) is 15.5. The van der Waals surface area contributed by atoms with E-state index >= 15 is 0 Å². The van der Waals surface area contributed by atoms with Gasteiger partial charge in [-0.2, -0.15) is 31.4 Å². The summed E-state index contributed by atoms with van der Waals surface area (Å²) in [5, 5.41) is 4.47. The van der Waals surface area contributed by atoms with Crippen molar-refractivity contribution >= 4 is 11.3 Å². The Kier molecular flexibility index (Phi) is 8.90. The molecule has 0 unspecified atom stereocenters. The predicted octanol–water partition coefficient (Wildman–Crippen LogP) is 6.76. The molecule has 33 heavy (non-hydrogen) atoms. The molecule has 0 aliphatic carbocycles. The first kappa shape index (κ1) is 26.2. The van der Waals surface area contributed by atoms with Crippen molar-refractivity contribution < 1.29 is 26.3 Å². The van der Waals surface area contributed by atoms with Crippen LogP contribution in [-0.2, 0) is 19.1 Å². The Bertz CT molecular complexity index is 989. The van der Waals surface area contributed by atoms with E-state index in [2.05, 4.69) is 10.1 Å². The lowest BCUT2D eigenvalue weighted by molar-refractivity contribution is -0.140. The van der Waals surface area contributed by atoms with Crippen molar-refractivity contribution in [3.8, 4) is 0 Å². The van der Waals surface area contributed by atoms with Gasteiger partial charge in [0, 0.05) is 24.0 Å². The van der Waals surface area contributed by atoms with E-state index in [0.717, 1.165) is 43.8 Å². The number of aryl methyl sites for hydroxylation is 2. The molecule has 1 aliphatic heterocycles. The van der Waals surface area contributed by atoms with E-state index < -0.39 is 23.6 Å². The SMILES string of the molecule is C\C=C/C(=C\C(=C\CC)C(F)(F)F)c1cc2n(n1)CCCC2.Nc1cccnc1C(F)(F)F. The summed E-state index contributed by atoms with van der Waals surface area (Å²) in [6.07, 6.45) is 1.54. The van der Waals surface area contributed by atoms with Gasteiger partial charge in [0.2, 0.25) is 0 Å². The maximum atomic E-state index is 13.1. The second kappa shape index (κ2) is 11.2. The third-order valence-electron chi connectivity index (χ3n) is 4.73. The van der Waals surface area contributed by atoms with Crippen molar-refractivity contribution in [3.05, 3.63) is 71.4 Å². The van der Waals surface area contributed by atoms with Crippen LogP contribution < -0.4 is 5.73 Å². The van der Waals surface area contributed by atoms with Crippen molar-refractivity contribution in [3.63, 3.8) is 0 Å². The second-order valence-electron chi connectivity index (χ2n) is 7.31. The fraction of sp³-hybridized carbons (Fsp3) is 0.391. The zero-order valence-corrected chi connectivity index (χ0v) is 18.3. The zero-order chi connectivity index (χ0) is 24.6. The van der Waals surface area contributed by atoms with E-state index in [1.165, 1.54) is 18.2 Å². The number of halogens is 6. The third kappa shape index (κ3) is 7.50. The van der Waals surface area contributed by atoms with E-state index in [1.807, 2.05) is 10.7 Å². The highest BCUT2D eigenvalue weighted by molar-refractivity contribution is 5.74. The van der Waals surface area contributed by atoms with Crippen molar-refractivity contribution in [2.45, 2.75) is 58.4 Å². The molecule has 0 radical (unpaired) electrons. The quantitative estimate of drug-likeness (QED) is 0.395. The molecular formula is C23H26F6N4. The van der Waals surface area contributed by atoms with Gasteiger partial charge in [-0.25, -0.2) is 4.98 Å². The number of hydrogen-bond donors (Lipinski definition) is 1. The molecule has 0 spiro atoms. The van der Waals surface area contributed by atoms with Gasteiger partial charge in [0.1, 0.15) is 0 Å². The van der Waals surface area contributed by atoms with Crippen LogP contribution in [0.25, 0.3) is 5.57 Å². The molecule has 1 aliphatic rings. The van der Waals surface area contributed by atoms with Gasteiger partial charge in [-0.1, -0.05) is 25.2 Å². The number of alkyl halides is 6. The van der Waals surface area contributed by atoms with Gasteiger partial charge in [-0.15, -0.1) is 0 Å². The second-order valence-corrected chi connectivity index (χ2v) is 7.31. The summed E-state index contributed by atoms with van der Waals surface area (Å²) in [4.78, 5) is 3.10. The average molecular weight is 472 g/mol. The van der Waals surface area contributed by atoms with E-state index in [1.54, 1.807) is 26.0 Å². The molecule has 0 saturated carbocycles. The minimum absolute atomic E-state index is 0.341. The Balaban J connectivity index is 0.000000294. The summed E-state index contributed by atoms with van der Waals surface area (Å²) in [5.74, 6) is 0. The van der Waals surface area contributed by atoms with Crippen LogP contribution in [0.15, 0.2) is 54.3 Å². The average Bonchev–Trinajstić information content (AvgIpc) is 3.16. The molecule has 2 aromatic rings. The lowest BCUT2D eigenvalue weighted by Crippen LogP contribution is -2.11. The molecule has 2 N–H and O–H groups in total. The Morgan fingerprint density at radius 1 is 1.18 bits per heavy atom. The van der Waals surface area contributed by atoms with Crippen molar-refractivity contribution in [2.24, 2.45) is 0 Å². The van der Waals surface area contributed by atoms with Crippen LogP contribution in [0.2, 0.25) is 0 Å². The smallest absolute Gasteiger partial charge is 0.397 e. The minimum atomic E-state index is -4.45. The van der Waals surface area contributed by atoms with Gasteiger partial charge in [0.15, 0.2) is 5.69 Å². The van der Waals surface area contributed by atoms with Crippen molar-refractivity contribution in [2.75, 3.05) is 5.73 Å². The molecule has 0 saturated heterocycles. The van der Waals surface area contributed by atoms with Crippen molar-refractivity contribution in [1.82, 2.24) is 14.8 Å². The summed E-state index contributed by atoms with van der Waals surface area (Å²) in [5.41, 5.74) is 5.25. The van der Waals surface area contributed by atoms with Gasteiger partial charge in [-0.05, 0) is 56.9 Å². The first-order valence-corrected chi connectivity index (χ1v) is 10.4. The Morgan fingerprint density at radius 3 is 2.42 bits per heavy atom. The monoisotopic (exact) mass is 472 g/mol. The number of nitrogen functional groups attached to an aromatic ring is 1. The Morgan fingerprint density at radius 2 is 1.91 bits per heavy atom. The molecule has 10 heteroatoms. The standard InChI is InChI=1S/C17H21F3N2.C6H5F3N2/c1-3-7-13(11-14(8-4-2)17(18,19)20)16-12-15-9-5-6-10-22(15)21-16;7-6(8,9)5-4(10)2-1-3-11-5/h3,7-8,11-12H,4-6,9-10H2,1-2H3;1-3H,10H2/b7-3-,13-11+,14-8-;. The molecule has 180 valence electrons. The number of allylic oxidation sites excluding steroid dienone is 6. The number of nitrogens with two attached hydrogens (primary N) is 1. The van der Waals surface area contributed by atoms with Crippen LogP contribution in [0.4, 0.5) is 32.0 Å². The fourth-order valence-corrected chi connectivity index (χ4v) is 3.24. The zero-order valence-electron chi connectivity index (χ0n) is 18.3. The summed E-state index contributed by atoms with van der Waals surface area (Å²) in [7, 11) is 0. The summed E-state index contributed by atoms with van der Waals surface area (Å²) < 4.78 is 76.9. The van der Waals surface area contributed by atoms with Crippen LogP contribution in [0.5, 0.6) is 0 Å². The number of nitrogens with zero attached hydrogens (tertiary/aromatic N) is 3. The molecule has 4 nitrogen and oxygen atoms in total. The number of anilines is 1. The first-order valence-electron chi connectivity index (χ1n) is 10.4. The molecule has 0 fully saturated rings. The largest absolute Gasteiger partial charge is 0.435 e. The van der Waals surface area contributed by atoms with E-state index in [4.69, 9.17) is 5.73 Å². The summed E-state index contributed by atoms with van der Waals surface area (Å²) >= 11 is 0. The molecule has 2 aromatic heterocycles. The maximum Gasteiger partial charge on any atom is 0.435 e. The Hall–Kier alpha value is -3.04. The number of aromatic nitrogens is 3. The van der Waals surface area contributed by atoms with Crippen LogP contribution in [0.1, 0.15) is 50.2 Å². The molecular weight excluding hydrogens is 446 g/mol. The highest BCUT2D eigenvalue weighted by Crippen LogP contribution is 2.32. The van der Waals surface area contributed by atoms with Gasteiger partial charge in [0.05, 0.1) is 17.0 Å². The van der Waals surface area contributed by atoms with E-state index in [9.17, 15) is 26.3 Å². The van der Waals surface area contributed by atoms with E-state index in [-0.39, 0.29) is 5.69 Å². The molecule has 0 bridgehead atoms. The van der Waals surface area contributed by atoms with Gasteiger partial charge >= 0.3 is 12.4 Å². The lowest BCUT2D eigenvalue weighted by Gasteiger charge is -2.11. The highest BCUT2D eigenvalue weighted by atomic mass is 19.4. The van der Waals surface area contributed by atoms with Crippen LogP contribution in [-0.4, -0.2) is 20.9 Å². The summed E-state index contributed by atoms with van der Waals surface area (Å²) in [6.45, 7) is 4.33. The number of fused-ring (bicyclic) bond motifs is 1. The maximum absolute atomic E-state index is 13.1. The van der Waals surface area contributed by atoms with Crippen LogP contribution >= 0.6 is 0 Å². The molecule has 0 atom stereocenters. The number of pyridine rings is 1. The third-order valence-corrected chi connectivity index (χ3v) is 4.73. The van der Waals surface area contributed by atoms with Gasteiger partial charge < -0.3 is 5.73 Å². The molecule has 3 rings (SSSR count). The normalized spacial score (nSPS) is 15.3. The number of rotatable bonds is 4. The lowest BCUT2D eigenvalue weighted by atomic mass is 10.0.